The predicted octanol–water partition coefficient (Wildman–Crippen LogP) is -0.0350. The zero-order chi connectivity index (χ0) is 11.5. The molecule has 2 fully saturated rings. The molecule has 94 valence electrons. The Kier molecular flexibility index (Phi) is 4.19. The van der Waals surface area contributed by atoms with Crippen molar-refractivity contribution in [3.05, 3.63) is 0 Å². The number of aliphatic hydroxyl groups excluding tert-OH is 3. The Morgan fingerprint density at radius 3 is 2.38 bits per heavy atom. The van der Waals surface area contributed by atoms with Gasteiger partial charge >= 0.3 is 0 Å². The maximum Gasteiger partial charge on any atom is 0.0988 e. The summed E-state index contributed by atoms with van der Waals surface area (Å²) in [6.45, 7) is 1.35. The molecule has 3 atom stereocenters. The maximum absolute atomic E-state index is 9.71. The van der Waals surface area contributed by atoms with E-state index in [-0.39, 0.29) is 12.6 Å². The van der Waals surface area contributed by atoms with E-state index in [2.05, 4.69) is 4.90 Å². The van der Waals surface area contributed by atoms with Gasteiger partial charge in [0.2, 0.25) is 0 Å². The van der Waals surface area contributed by atoms with Gasteiger partial charge < -0.3 is 15.3 Å². The summed E-state index contributed by atoms with van der Waals surface area (Å²) >= 11 is 0. The van der Waals surface area contributed by atoms with Crippen molar-refractivity contribution in [3.63, 3.8) is 0 Å². The first kappa shape index (κ1) is 12.3. The van der Waals surface area contributed by atoms with Gasteiger partial charge in [-0.2, -0.15) is 0 Å². The molecule has 0 aromatic rings. The molecule has 1 aliphatic carbocycles. The highest BCUT2D eigenvalue weighted by atomic mass is 16.3. The average Bonchev–Trinajstić information content (AvgIpc) is 2.56. The first-order valence-electron chi connectivity index (χ1n) is 6.43. The third-order valence-corrected chi connectivity index (χ3v) is 4.08. The summed E-state index contributed by atoms with van der Waals surface area (Å²) in [6, 6.07) is -0.267. The molecule has 16 heavy (non-hydrogen) atoms. The highest BCUT2D eigenvalue weighted by molar-refractivity contribution is 4.93. The Hall–Kier alpha value is -0.160. The molecule has 0 radical (unpaired) electrons. The molecule has 0 aromatic carbocycles. The van der Waals surface area contributed by atoms with Gasteiger partial charge in [-0.3, -0.25) is 4.90 Å². The summed E-state index contributed by atoms with van der Waals surface area (Å²) < 4.78 is 0. The van der Waals surface area contributed by atoms with Gasteiger partial charge in [-0.05, 0) is 18.8 Å². The number of hydrogen-bond donors (Lipinski definition) is 3. The number of rotatable bonds is 3. The van der Waals surface area contributed by atoms with Crippen molar-refractivity contribution in [2.75, 3.05) is 19.7 Å². The van der Waals surface area contributed by atoms with Gasteiger partial charge in [-0.15, -0.1) is 0 Å². The molecule has 3 unspecified atom stereocenters. The van der Waals surface area contributed by atoms with Crippen LogP contribution in [0.15, 0.2) is 0 Å². The molecule has 3 N–H and O–H groups in total. The number of likely N-dealkylation sites (tertiary alicyclic amines) is 1. The molecule has 1 saturated carbocycles. The van der Waals surface area contributed by atoms with E-state index in [9.17, 15) is 15.3 Å². The predicted molar refractivity (Wildman–Crippen MR) is 61.0 cm³/mol. The largest absolute Gasteiger partial charge is 0.395 e. The van der Waals surface area contributed by atoms with E-state index in [0.717, 1.165) is 6.54 Å². The van der Waals surface area contributed by atoms with Crippen LogP contribution in [-0.2, 0) is 0 Å². The first-order chi connectivity index (χ1) is 7.72. The minimum absolute atomic E-state index is 0.0645. The Morgan fingerprint density at radius 1 is 1.06 bits per heavy atom. The molecule has 4 heteroatoms. The van der Waals surface area contributed by atoms with Crippen LogP contribution in [0, 0.1) is 5.92 Å². The molecular formula is C12H23NO3. The van der Waals surface area contributed by atoms with Gasteiger partial charge in [-0.25, -0.2) is 0 Å². The third kappa shape index (κ3) is 2.56. The van der Waals surface area contributed by atoms with E-state index in [1.807, 2.05) is 0 Å². The van der Waals surface area contributed by atoms with Crippen LogP contribution in [-0.4, -0.2) is 58.2 Å². The lowest BCUT2D eigenvalue weighted by Crippen LogP contribution is -2.41. The quantitative estimate of drug-likeness (QED) is 0.636. The molecular weight excluding hydrogens is 206 g/mol. The van der Waals surface area contributed by atoms with Crippen molar-refractivity contribution >= 4 is 0 Å². The highest BCUT2D eigenvalue weighted by Gasteiger charge is 2.39. The fraction of sp³-hybridized carbons (Fsp3) is 1.00. The Bertz CT molecular complexity index is 218. The van der Waals surface area contributed by atoms with Gasteiger partial charge in [0, 0.05) is 13.1 Å². The average molecular weight is 229 g/mol. The summed E-state index contributed by atoms with van der Waals surface area (Å²) in [5.41, 5.74) is 0. The van der Waals surface area contributed by atoms with E-state index >= 15 is 0 Å². The number of nitrogens with zero attached hydrogens (tertiary/aromatic N) is 1. The van der Waals surface area contributed by atoms with Crippen molar-refractivity contribution < 1.29 is 15.3 Å². The van der Waals surface area contributed by atoms with E-state index in [1.54, 1.807) is 0 Å². The van der Waals surface area contributed by atoms with Crippen LogP contribution in [0.1, 0.15) is 32.1 Å². The zero-order valence-corrected chi connectivity index (χ0v) is 9.76. The van der Waals surface area contributed by atoms with Crippen LogP contribution in [0.25, 0.3) is 0 Å². The molecule has 1 saturated heterocycles. The molecule has 2 rings (SSSR count). The minimum atomic E-state index is -0.784. The molecule has 2 aliphatic rings. The molecule has 0 spiro atoms. The van der Waals surface area contributed by atoms with Crippen molar-refractivity contribution in [2.45, 2.75) is 50.4 Å². The minimum Gasteiger partial charge on any atom is -0.395 e. The Labute approximate surface area is 96.9 Å². The molecule has 0 amide bonds. The van der Waals surface area contributed by atoms with Crippen LogP contribution >= 0.6 is 0 Å². The van der Waals surface area contributed by atoms with Crippen molar-refractivity contribution in [3.8, 4) is 0 Å². The molecule has 1 aliphatic heterocycles. The van der Waals surface area contributed by atoms with Crippen LogP contribution in [0.4, 0.5) is 0 Å². The third-order valence-electron chi connectivity index (χ3n) is 4.08. The second-order valence-electron chi connectivity index (χ2n) is 5.27. The lowest BCUT2D eigenvalue weighted by molar-refractivity contribution is 0.0198. The zero-order valence-electron chi connectivity index (χ0n) is 9.76. The second kappa shape index (κ2) is 5.45. The molecule has 0 aromatic heterocycles. The van der Waals surface area contributed by atoms with Crippen LogP contribution in [0.5, 0.6) is 0 Å². The Balaban J connectivity index is 1.88. The van der Waals surface area contributed by atoms with Gasteiger partial charge in [0.15, 0.2) is 0 Å². The fourth-order valence-electron chi connectivity index (χ4n) is 3.09. The van der Waals surface area contributed by atoms with Gasteiger partial charge in [0.05, 0.1) is 24.9 Å². The van der Waals surface area contributed by atoms with Gasteiger partial charge in [-0.1, -0.05) is 19.3 Å². The number of aliphatic hydroxyl groups is 3. The molecule has 0 bridgehead atoms. The van der Waals surface area contributed by atoms with Crippen molar-refractivity contribution in [1.29, 1.82) is 0 Å². The van der Waals surface area contributed by atoms with E-state index in [4.69, 9.17) is 0 Å². The molecule has 1 heterocycles. The lowest BCUT2D eigenvalue weighted by Gasteiger charge is -2.30. The van der Waals surface area contributed by atoms with E-state index in [1.165, 1.54) is 32.1 Å². The Morgan fingerprint density at radius 2 is 1.75 bits per heavy atom. The standard InChI is InChI=1S/C12H23NO3/c14-8-10-12(16)11(15)7-13(10)6-9-4-2-1-3-5-9/h9-12,14-16H,1-8H2. The molecule has 4 nitrogen and oxygen atoms in total. The highest BCUT2D eigenvalue weighted by Crippen LogP contribution is 2.27. The maximum atomic E-state index is 9.71. The van der Waals surface area contributed by atoms with Crippen LogP contribution < -0.4 is 0 Å². The number of hydrogen-bond acceptors (Lipinski definition) is 4. The second-order valence-corrected chi connectivity index (χ2v) is 5.27. The summed E-state index contributed by atoms with van der Waals surface area (Å²) in [4.78, 5) is 2.06. The SMILES string of the molecule is OCC1C(O)C(O)CN1CC1CCCCC1. The summed E-state index contributed by atoms with van der Waals surface area (Å²) in [5.74, 6) is 0.681. The van der Waals surface area contributed by atoms with Crippen LogP contribution in [0.3, 0.4) is 0 Å². The van der Waals surface area contributed by atoms with Crippen LogP contribution in [0.2, 0.25) is 0 Å². The topological polar surface area (TPSA) is 63.9 Å². The van der Waals surface area contributed by atoms with Gasteiger partial charge in [0.1, 0.15) is 0 Å². The normalized spacial score (nSPS) is 38.1. The van der Waals surface area contributed by atoms with E-state index < -0.39 is 12.2 Å². The number of β-amino-alcohol motifs (C(OH)–C–C–N with tert-alkyl or cyclic N) is 1. The smallest absolute Gasteiger partial charge is 0.0988 e. The fourth-order valence-corrected chi connectivity index (χ4v) is 3.09. The van der Waals surface area contributed by atoms with E-state index in [0.29, 0.717) is 12.5 Å². The first-order valence-corrected chi connectivity index (χ1v) is 6.43. The van der Waals surface area contributed by atoms with Crippen molar-refractivity contribution in [1.82, 2.24) is 4.90 Å². The summed E-state index contributed by atoms with van der Waals surface area (Å²) in [7, 11) is 0. The summed E-state index contributed by atoms with van der Waals surface area (Å²) in [5, 5.41) is 28.5. The van der Waals surface area contributed by atoms with Gasteiger partial charge in [0.25, 0.3) is 0 Å². The summed E-state index contributed by atoms with van der Waals surface area (Å²) in [6.07, 6.45) is 4.96. The monoisotopic (exact) mass is 229 g/mol. The lowest BCUT2D eigenvalue weighted by atomic mass is 9.89. The van der Waals surface area contributed by atoms with Crippen molar-refractivity contribution in [2.24, 2.45) is 5.92 Å².